The minimum Gasteiger partial charge on any atom is -0.395 e. The van der Waals surface area contributed by atoms with Crippen molar-refractivity contribution in [1.29, 1.82) is 0 Å². The molecule has 0 aliphatic heterocycles. The molecule has 0 aliphatic carbocycles. The maximum Gasteiger partial charge on any atom is 0.292 e. The van der Waals surface area contributed by atoms with Crippen LogP contribution in [0, 0.1) is 15.9 Å². The molecule has 1 N–H and O–H groups in total. The van der Waals surface area contributed by atoms with Gasteiger partial charge in [0, 0.05) is 13.1 Å². The van der Waals surface area contributed by atoms with Gasteiger partial charge >= 0.3 is 0 Å². The van der Waals surface area contributed by atoms with Crippen LogP contribution in [0.25, 0.3) is 0 Å². The molecule has 0 aliphatic rings. The maximum atomic E-state index is 13.0. The average Bonchev–Trinajstić information content (AvgIpc) is 2.36. The third kappa shape index (κ3) is 3.06. The van der Waals surface area contributed by atoms with Gasteiger partial charge in [-0.05, 0) is 19.1 Å². The van der Waals surface area contributed by atoms with Gasteiger partial charge in [0.1, 0.15) is 5.82 Å². The lowest BCUT2D eigenvalue weighted by Gasteiger charge is -2.22. The number of sulfonamides is 1. The van der Waals surface area contributed by atoms with Gasteiger partial charge in [0.25, 0.3) is 5.69 Å². The number of hydrogen-bond acceptors (Lipinski definition) is 5. The highest BCUT2D eigenvalue weighted by molar-refractivity contribution is 7.89. The van der Waals surface area contributed by atoms with E-state index >= 15 is 0 Å². The smallest absolute Gasteiger partial charge is 0.292 e. The molecule has 1 aromatic rings. The van der Waals surface area contributed by atoms with E-state index in [4.69, 9.17) is 5.11 Å². The first-order valence-electron chi connectivity index (χ1n) is 5.24. The number of halogens is 1. The number of nitrogens with zero attached hydrogens (tertiary/aromatic N) is 2. The van der Waals surface area contributed by atoms with E-state index < -0.39 is 44.0 Å². The first-order chi connectivity index (χ1) is 8.71. The largest absolute Gasteiger partial charge is 0.395 e. The number of aliphatic hydroxyl groups excluding tert-OH is 1. The van der Waals surface area contributed by atoms with Gasteiger partial charge < -0.3 is 5.11 Å². The maximum absolute atomic E-state index is 13.0. The Labute approximate surface area is 109 Å². The third-order valence-electron chi connectivity index (χ3n) is 2.66. The van der Waals surface area contributed by atoms with Crippen molar-refractivity contribution >= 4 is 15.7 Å². The van der Waals surface area contributed by atoms with Crippen molar-refractivity contribution in [2.45, 2.75) is 17.9 Å². The summed E-state index contributed by atoms with van der Waals surface area (Å²) in [5.41, 5.74) is -0.836. The standard InChI is InChI=1S/C10H13FN2O5S/c1-7(6-14)12(2)19(17,18)10-4-3-8(11)5-9(10)13(15)16/h3-5,7,14H,6H2,1-2H3. The summed E-state index contributed by atoms with van der Waals surface area (Å²) in [5, 5.41) is 19.7. The SMILES string of the molecule is CC(CO)N(C)S(=O)(=O)c1ccc(F)cc1[N+](=O)[O-]. The summed E-state index contributed by atoms with van der Waals surface area (Å²) in [6, 6.07) is 1.46. The molecular weight excluding hydrogens is 279 g/mol. The van der Waals surface area contributed by atoms with Crippen LogP contribution in [-0.4, -0.2) is 42.4 Å². The number of aliphatic hydroxyl groups is 1. The number of likely N-dealkylation sites (N-methyl/N-ethyl adjacent to an activating group) is 1. The Morgan fingerprint density at radius 2 is 2.11 bits per heavy atom. The van der Waals surface area contributed by atoms with Crippen molar-refractivity contribution in [3.63, 3.8) is 0 Å². The molecule has 0 amide bonds. The minimum atomic E-state index is -4.18. The summed E-state index contributed by atoms with van der Waals surface area (Å²) in [6.45, 7) is 0.998. The van der Waals surface area contributed by atoms with E-state index in [1.807, 2.05) is 0 Å². The summed E-state index contributed by atoms with van der Waals surface area (Å²) in [7, 11) is -2.99. The highest BCUT2D eigenvalue weighted by Gasteiger charge is 2.32. The third-order valence-corrected chi connectivity index (χ3v) is 4.68. The molecule has 1 unspecified atom stereocenters. The van der Waals surface area contributed by atoms with Gasteiger partial charge in [-0.1, -0.05) is 0 Å². The van der Waals surface area contributed by atoms with E-state index in [1.165, 1.54) is 14.0 Å². The number of hydrogen-bond donors (Lipinski definition) is 1. The van der Waals surface area contributed by atoms with E-state index in [1.54, 1.807) is 0 Å². The van der Waals surface area contributed by atoms with Gasteiger partial charge in [0.15, 0.2) is 4.90 Å². The van der Waals surface area contributed by atoms with Crippen LogP contribution in [-0.2, 0) is 10.0 Å². The Morgan fingerprint density at radius 3 is 2.58 bits per heavy atom. The van der Waals surface area contributed by atoms with Gasteiger partial charge in [-0.3, -0.25) is 10.1 Å². The topological polar surface area (TPSA) is 101 Å². The molecule has 0 fully saturated rings. The summed E-state index contributed by atoms with van der Waals surface area (Å²) < 4.78 is 38.1. The highest BCUT2D eigenvalue weighted by atomic mass is 32.2. The number of nitro benzene ring substituents is 1. The highest BCUT2D eigenvalue weighted by Crippen LogP contribution is 2.27. The first kappa shape index (κ1) is 15.5. The Morgan fingerprint density at radius 1 is 1.53 bits per heavy atom. The molecule has 19 heavy (non-hydrogen) atoms. The monoisotopic (exact) mass is 292 g/mol. The van der Waals surface area contributed by atoms with Crippen molar-refractivity contribution in [3.8, 4) is 0 Å². The summed E-state index contributed by atoms with van der Waals surface area (Å²) in [4.78, 5) is 9.21. The molecule has 0 saturated heterocycles. The number of benzene rings is 1. The quantitative estimate of drug-likeness (QED) is 0.637. The zero-order valence-corrected chi connectivity index (χ0v) is 11.1. The molecule has 0 radical (unpaired) electrons. The molecule has 0 saturated carbocycles. The molecule has 0 bridgehead atoms. The molecular formula is C10H13FN2O5S. The molecule has 1 rings (SSSR count). The predicted molar refractivity (Wildman–Crippen MR) is 64.6 cm³/mol. The second-order valence-corrected chi connectivity index (χ2v) is 5.89. The van der Waals surface area contributed by atoms with Crippen LogP contribution in [0.15, 0.2) is 23.1 Å². The fourth-order valence-corrected chi connectivity index (χ4v) is 2.85. The summed E-state index contributed by atoms with van der Waals surface area (Å²) >= 11 is 0. The Bertz CT molecular complexity index is 590. The molecule has 0 spiro atoms. The molecule has 0 aromatic heterocycles. The number of nitro groups is 1. The molecule has 9 heteroatoms. The van der Waals surface area contributed by atoms with E-state index in [9.17, 15) is 22.9 Å². The molecule has 1 aromatic carbocycles. The first-order valence-corrected chi connectivity index (χ1v) is 6.68. The lowest BCUT2D eigenvalue weighted by Crippen LogP contribution is -2.37. The van der Waals surface area contributed by atoms with Crippen molar-refractivity contribution in [2.75, 3.05) is 13.7 Å². The normalized spacial score (nSPS) is 13.5. The van der Waals surface area contributed by atoms with Crippen molar-refractivity contribution in [3.05, 3.63) is 34.1 Å². The van der Waals surface area contributed by atoms with Gasteiger partial charge in [0.05, 0.1) is 17.6 Å². The van der Waals surface area contributed by atoms with Crippen molar-refractivity contribution in [2.24, 2.45) is 0 Å². The van der Waals surface area contributed by atoms with Crippen LogP contribution in [0.5, 0.6) is 0 Å². The minimum absolute atomic E-state index is 0.440. The van der Waals surface area contributed by atoms with Crippen molar-refractivity contribution < 1.29 is 22.8 Å². The zero-order valence-electron chi connectivity index (χ0n) is 10.3. The van der Waals surface area contributed by atoms with Crippen molar-refractivity contribution in [1.82, 2.24) is 4.31 Å². The second-order valence-electron chi connectivity index (χ2n) is 3.92. The average molecular weight is 292 g/mol. The Kier molecular flexibility index (Phi) is 4.56. The van der Waals surface area contributed by atoms with Gasteiger partial charge in [-0.25, -0.2) is 12.8 Å². The van der Waals surface area contributed by atoms with E-state index in [2.05, 4.69) is 0 Å². The Hall–Kier alpha value is -1.58. The van der Waals surface area contributed by atoms with Gasteiger partial charge in [-0.2, -0.15) is 4.31 Å². The lowest BCUT2D eigenvalue weighted by molar-refractivity contribution is -0.388. The molecule has 1 atom stereocenters. The van der Waals surface area contributed by atoms with E-state index in [0.29, 0.717) is 6.07 Å². The second kappa shape index (κ2) is 5.59. The zero-order chi connectivity index (χ0) is 14.8. The fourth-order valence-electron chi connectivity index (χ4n) is 1.36. The number of rotatable bonds is 5. The van der Waals surface area contributed by atoms with Crippen LogP contribution in [0.4, 0.5) is 10.1 Å². The fraction of sp³-hybridized carbons (Fsp3) is 0.400. The van der Waals surface area contributed by atoms with Crippen LogP contribution >= 0.6 is 0 Å². The van der Waals surface area contributed by atoms with Gasteiger partial charge in [0.2, 0.25) is 10.0 Å². The van der Waals surface area contributed by atoms with Crippen LogP contribution in [0.1, 0.15) is 6.92 Å². The van der Waals surface area contributed by atoms with Crippen LogP contribution in [0.2, 0.25) is 0 Å². The molecule has 106 valence electrons. The van der Waals surface area contributed by atoms with Crippen LogP contribution < -0.4 is 0 Å². The van der Waals surface area contributed by atoms with E-state index in [0.717, 1.165) is 16.4 Å². The molecule has 7 nitrogen and oxygen atoms in total. The summed E-state index contributed by atoms with van der Waals surface area (Å²) in [6.07, 6.45) is 0. The molecule has 0 heterocycles. The predicted octanol–water partition coefficient (Wildman–Crippen LogP) is 0.735. The summed E-state index contributed by atoms with van der Waals surface area (Å²) in [5.74, 6) is -0.900. The van der Waals surface area contributed by atoms with Crippen LogP contribution in [0.3, 0.4) is 0 Å². The van der Waals surface area contributed by atoms with E-state index in [-0.39, 0.29) is 0 Å². The Balaban J connectivity index is 3.41. The van der Waals surface area contributed by atoms with Gasteiger partial charge in [-0.15, -0.1) is 0 Å². The lowest BCUT2D eigenvalue weighted by atomic mass is 10.3.